The second-order valence-electron chi connectivity index (χ2n) is 8.28. The van der Waals surface area contributed by atoms with Crippen molar-refractivity contribution in [2.24, 2.45) is 17.6 Å². The lowest BCUT2D eigenvalue weighted by Gasteiger charge is -2.33. The number of carbonyl (C=O) groups is 2. The van der Waals surface area contributed by atoms with E-state index in [1.807, 2.05) is 12.1 Å². The van der Waals surface area contributed by atoms with Crippen LogP contribution in [0, 0.1) is 11.8 Å². The number of nitrogens with one attached hydrogen (secondary N) is 1. The third kappa shape index (κ3) is 4.38. The Bertz CT molecular complexity index is 855. The maximum absolute atomic E-state index is 12.3. The number of likely N-dealkylation sites (tertiary alicyclic amines) is 1. The fraction of sp³-hybridized carbons (Fsp3) is 0.545. The van der Waals surface area contributed by atoms with E-state index < -0.39 is 0 Å². The Morgan fingerprint density at radius 3 is 2.79 bits per heavy atom. The third-order valence-electron chi connectivity index (χ3n) is 5.98. The maximum Gasteiger partial charge on any atom is 0.225 e. The fourth-order valence-corrected chi connectivity index (χ4v) is 4.31. The van der Waals surface area contributed by atoms with Crippen molar-refractivity contribution < 1.29 is 9.59 Å². The molecule has 3 N–H and O–H groups in total. The molecule has 1 atom stereocenters. The van der Waals surface area contributed by atoms with Crippen LogP contribution in [0.1, 0.15) is 37.7 Å². The van der Waals surface area contributed by atoms with Gasteiger partial charge in [0.2, 0.25) is 11.8 Å². The first kappa shape index (κ1) is 19.0. The van der Waals surface area contributed by atoms with Gasteiger partial charge >= 0.3 is 0 Å². The second-order valence-corrected chi connectivity index (χ2v) is 8.28. The highest BCUT2D eigenvalue weighted by Gasteiger charge is 2.35. The number of hydrogen-bond donors (Lipinski definition) is 2. The van der Waals surface area contributed by atoms with Crippen LogP contribution in [-0.4, -0.2) is 40.9 Å². The summed E-state index contributed by atoms with van der Waals surface area (Å²) in [5.41, 5.74) is 7.69. The highest BCUT2D eigenvalue weighted by Crippen LogP contribution is 2.32. The van der Waals surface area contributed by atoms with Crippen LogP contribution in [0.2, 0.25) is 0 Å². The molecule has 1 saturated heterocycles. The number of carbonyl (C=O) groups excluding carboxylic acids is 2. The molecule has 1 aliphatic heterocycles. The van der Waals surface area contributed by atoms with E-state index in [4.69, 9.17) is 5.73 Å². The van der Waals surface area contributed by atoms with E-state index in [1.165, 1.54) is 17.4 Å². The van der Waals surface area contributed by atoms with Crippen LogP contribution in [0.4, 0.5) is 0 Å². The van der Waals surface area contributed by atoms with Crippen molar-refractivity contribution in [3.63, 3.8) is 0 Å². The van der Waals surface area contributed by atoms with Crippen molar-refractivity contribution in [1.29, 1.82) is 0 Å². The van der Waals surface area contributed by atoms with Crippen LogP contribution in [0.15, 0.2) is 30.5 Å². The number of aryl methyl sites for hydroxylation is 1. The summed E-state index contributed by atoms with van der Waals surface area (Å²) in [6.45, 7) is 4.14. The number of aromatic nitrogens is 1. The van der Waals surface area contributed by atoms with E-state index >= 15 is 0 Å². The molecular weight excluding hydrogens is 352 g/mol. The van der Waals surface area contributed by atoms with Crippen LogP contribution >= 0.6 is 0 Å². The van der Waals surface area contributed by atoms with Gasteiger partial charge in [0.25, 0.3) is 0 Å². The zero-order valence-corrected chi connectivity index (χ0v) is 16.4. The van der Waals surface area contributed by atoms with Crippen LogP contribution in [0.5, 0.6) is 0 Å². The zero-order chi connectivity index (χ0) is 19.5. The first-order chi connectivity index (χ1) is 13.6. The average molecular weight is 383 g/mol. The number of benzene rings is 1. The van der Waals surface area contributed by atoms with Crippen molar-refractivity contribution in [2.75, 3.05) is 19.6 Å². The Hall–Kier alpha value is -2.34. The minimum absolute atomic E-state index is 0.278. The summed E-state index contributed by atoms with van der Waals surface area (Å²) in [5, 5.41) is 4.82. The highest BCUT2D eigenvalue weighted by molar-refractivity contribution is 5.84. The maximum atomic E-state index is 12.3. The van der Waals surface area contributed by atoms with Gasteiger partial charge in [-0.1, -0.05) is 18.2 Å². The SMILES string of the molecule is NC(=O)CCn1cc(CNCC2CCCN(C(=O)C3CC3)C2)c2ccccc21. The molecule has 150 valence electrons. The lowest BCUT2D eigenvalue weighted by molar-refractivity contribution is -0.134. The molecule has 1 aromatic carbocycles. The fourth-order valence-electron chi connectivity index (χ4n) is 4.31. The normalized spacial score (nSPS) is 19.9. The largest absolute Gasteiger partial charge is 0.370 e. The number of piperidine rings is 1. The van der Waals surface area contributed by atoms with Crippen LogP contribution in [0.3, 0.4) is 0 Å². The van der Waals surface area contributed by atoms with Gasteiger partial charge in [0.1, 0.15) is 0 Å². The number of fused-ring (bicyclic) bond motifs is 1. The molecule has 6 heteroatoms. The zero-order valence-electron chi connectivity index (χ0n) is 16.4. The summed E-state index contributed by atoms with van der Waals surface area (Å²) in [6.07, 6.45) is 6.93. The highest BCUT2D eigenvalue weighted by atomic mass is 16.2. The molecule has 0 radical (unpaired) electrons. The average Bonchev–Trinajstić information content (AvgIpc) is 3.49. The van der Waals surface area contributed by atoms with Crippen LogP contribution in [0.25, 0.3) is 10.9 Å². The molecule has 1 unspecified atom stereocenters. The summed E-state index contributed by atoms with van der Waals surface area (Å²) < 4.78 is 2.12. The predicted octanol–water partition coefficient (Wildman–Crippen LogP) is 2.25. The molecular formula is C22H30N4O2. The van der Waals surface area contributed by atoms with E-state index in [9.17, 15) is 9.59 Å². The first-order valence-electron chi connectivity index (χ1n) is 10.5. The van der Waals surface area contributed by atoms with E-state index in [1.54, 1.807) is 0 Å². The summed E-state index contributed by atoms with van der Waals surface area (Å²) in [5.74, 6) is 0.945. The summed E-state index contributed by atoms with van der Waals surface area (Å²) in [4.78, 5) is 25.6. The third-order valence-corrected chi connectivity index (χ3v) is 5.98. The van der Waals surface area contributed by atoms with Gasteiger partial charge in [-0.15, -0.1) is 0 Å². The van der Waals surface area contributed by atoms with Crippen molar-refractivity contribution in [2.45, 2.75) is 45.2 Å². The molecule has 2 heterocycles. The Morgan fingerprint density at radius 1 is 1.18 bits per heavy atom. The lowest BCUT2D eigenvalue weighted by Crippen LogP contribution is -2.43. The van der Waals surface area contributed by atoms with E-state index in [2.05, 4.69) is 33.1 Å². The van der Waals surface area contributed by atoms with Gasteiger partial charge in [0.15, 0.2) is 0 Å². The van der Waals surface area contributed by atoms with E-state index in [-0.39, 0.29) is 5.91 Å². The number of nitrogens with zero attached hydrogens (tertiary/aromatic N) is 2. The molecule has 28 heavy (non-hydrogen) atoms. The van der Waals surface area contributed by atoms with Gasteiger partial charge in [-0.25, -0.2) is 0 Å². The Kier molecular flexibility index (Phi) is 5.67. The van der Waals surface area contributed by atoms with Gasteiger partial charge < -0.3 is 20.5 Å². The predicted molar refractivity (Wildman–Crippen MR) is 109 cm³/mol. The summed E-state index contributed by atoms with van der Waals surface area (Å²) in [6, 6.07) is 8.28. The lowest BCUT2D eigenvalue weighted by atomic mass is 9.97. The molecule has 0 spiro atoms. The summed E-state index contributed by atoms with van der Waals surface area (Å²) >= 11 is 0. The Balaban J connectivity index is 1.35. The van der Waals surface area contributed by atoms with Crippen molar-refractivity contribution >= 4 is 22.7 Å². The van der Waals surface area contributed by atoms with Gasteiger partial charge in [-0.3, -0.25) is 9.59 Å². The van der Waals surface area contributed by atoms with Crippen molar-refractivity contribution in [3.05, 3.63) is 36.0 Å². The number of hydrogen-bond acceptors (Lipinski definition) is 3. The van der Waals surface area contributed by atoms with E-state index in [0.29, 0.717) is 30.7 Å². The Morgan fingerprint density at radius 2 is 2.00 bits per heavy atom. The molecule has 4 rings (SSSR count). The molecule has 1 aliphatic carbocycles. The van der Waals surface area contributed by atoms with Crippen molar-refractivity contribution in [3.8, 4) is 0 Å². The molecule has 2 fully saturated rings. The minimum atomic E-state index is -0.278. The van der Waals surface area contributed by atoms with Crippen molar-refractivity contribution in [1.82, 2.24) is 14.8 Å². The standard InChI is InChI=1S/C22H30N4O2/c23-21(27)9-11-25-15-18(19-5-1-2-6-20(19)25)13-24-12-16-4-3-10-26(14-16)22(28)17-7-8-17/h1-2,5-6,15-17,24H,3-4,7-14H2,(H2,23,27). The summed E-state index contributed by atoms with van der Waals surface area (Å²) in [7, 11) is 0. The molecule has 1 aromatic heterocycles. The quantitative estimate of drug-likeness (QED) is 0.735. The van der Waals surface area contributed by atoms with E-state index in [0.717, 1.165) is 51.0 Å². The van der Waals surface area contributed by atoms with Gasteiger partial charge in [-0.05, 0) is 49.8 Å². The number of para-hydroxylation sites is 1. The first-order valence-corrected chi connectivity index (χ1v) is 10.5. The topological polar surface area (TPSA) is 80.4 Å². The van der Waals surface area contributed by atoms with Crippen LogP contribution in [-0.2, 0) is 22.7 Å². The van der Waals surface area contributed by atoms with Gasteiger partial charge in [0, 0.05) is 55.6 Å². The van der Waals surface area contributed by atoms with Gasteiger partial charge in [-0.2, -0.15) is 0 Å². The van der Waals surface area contributed by atoms with Gasteiger partial charge in [0.05, 0.1) is 0 Å². The van der Waals surface area contributed by atoms with Crippen LogP contribution < -0.4 is 11.1 Å². The number of amides is 2. The molecule has 2 aromatic rings. The monoisotopic (exact) mass is 382 g/mol. The molecule has 6 nitrogen and oxygen atoms in total. The molecule has 2 aliphatic rings. The minimum Gasteiger partial charge on any atom is -0.370 e. The molecule has 1 saturated carbocycles. The smallest absolute Gasteiger partial charge is 0.225 e. The number of primary amides is 1. The Labute approximate surface area is 166 Å². The number of rotatable bonds is 8. The number of nitrogens with two attached hydrogens (primary N) is 1. The molecule has 2 amide bonds. The molecule has 0 bridgehead atoms. The second kappa shape index (κ2) is 8.35.